The van der Waals surface area contributed by atoms with E-state index in [2.05, 4.69) is 34.2 Å². The molecule has 0 heterocycles. The lowest BCUT2D eigenvalue weighted by molar-refractivity contribution is 0.703. The molecule has 0 saturated carbocycles. The van der Waals surface area contributed by atoms with Gasteiger partial charge in [-0.1, -0.05) is 21.5 Å². The summed E-state index contributed by atoms with van der Waals surface area (Å²) in [4.78, 5) is 0. The van der Waals surface area contributed by atoms with Gasteiger partial charge in [0.05, 0.1) is 0 Å². The average Bonchev–Trinajstić information content (AvgIpc) is 1.89. The van der Waals surface area contributed by atoms with E-state index in [0.29, 0.717) is 6.04 Å². The fourth-order valence-electron chi connectivity index (χ4n) is 0.708. The van der Waals surface area contributed by atoms with Gasteiger partial charge in [0.25, 0.3) is 0 Å². The quantitative estimate of drug-likeness (QED) is 0.509. The first kappa shape index (κ1) is 10.5. The molecule has 0 aromatic carbocycles. The third-order valence-electron chi connectivity index (χ3n) is 1.41. The van der Waals surface area contributed by atoms with Gasteiger partial charge in [-0.3, -0.25) is 5.09 Å². The lowest BCUT2D eigenvalue weighted by atomic mass is 10.1. The molecule has 0 radical (unpaired) electrons. The molecule has 0 bridgehead atoms. The highest BCUT2D eigenvalue weighted by Gasteiger charge is 2.04. The van der Waals surface area contributed by atoms with Crippen LogP contribution in [0.1, 0.15) is 13.3 Å². The van der Waals surface area contributed by atoms with Crippen molar-refractivity contribution in [3.8, 4) is 0 Å². The van der Waals surface area contributed by atoms with Gasteiger partial charge in [0.1, 0.15) is 0 Å². The number of hydrogen-bond donors (Lipinski definition) is 1. The number of thioether (sulfide) groups is 1. The Morgan fingerprint density at radius 2 is 2.40 bits per heavy atom. The predicted molar refractivity (Wildman–Crippen MR) is 54.4 cm³/mol. The molecule has 0 rings (SSSR count). The topological polar surface area (TPSA) is 12.0 Å². The maximum Gasteiger partial charge on any atom is 0.0313 e. The van der Waals surface area contributed by atoms with Gasteiger partial charge < -0.3 is 0 Å². The van der Waals surface area contributed by atoms with Crippen molar-refractivity contribution in [3.05, 3.63) is 12.2 Å². The largest absolute Gasteiger partial charge is 0.294 e. The Labute approximate surface area is 70.3 Å². The SMILES string of the molecule is C=C(C)[C@H](CCSC)NP. The van der Waals surface area contributed by atoms with Crippen LogP contribution in [0.5, 0.6) is 0 Å². The Bertz CT molecular complexity index is 106. The Kier molecular flexibility index (Phi) is 6.50. The van der Waals surface area contributed by atoms with Gasteiger partial charge in [0, 0.05) is 6.04 Å². The van der Waals surface area contributed by atoms with Gasteiger partial charge in [-0.25, -0.2) is 0 Å². The third kappa shape index (κ3) is 4.32. The minimum Gasteiger partial charge on any atom is -0.294 e. The third-order valence-corrected chi connectivity index (χ3v) is 2.45. The van der Waals surface area contributed by atoms with E-state index in [1.54, 1.807) is 0 Å². The number of hydrogen-bond acceptors (Lipinski definition) is 2. The molecule has 1 nitrogen and oxygen atoms in total. The first-order chi connectivity index (χ1) is 4.72. The minimum atomic E-state index is 0.470. The Morgan fingerprint density at radius 1 is 1.80 bits per heavy atom. The molecular weight excluding hydrogens is 161 g/mol. The van der Waals surface area contributed by atoms with Crippen LogP contribution < -0.4 is 5.09 Å². The van der Waals surface area contributed by atoms with E-state index >= 15 is 0 Å². The second-order valence-electron chi connectivity index (χ2n) is 2.35. The molecule has 3 heteroatoms. The normalized spacial score (nSPS) is 13.1. The molecule has 1 unspecified atom stereocenters. The van der Waals surface area contributed by atoms with Crippen molar-refractivity contribution in [1.29, 1.82) is 0 Å². The first-order valence-electron chi connectivity index (χ1n) is 3.32. The summed E-state index contributed by atoms with van der Waals surface area (Å²) >= 11 is 1.87. The zero-order valence-corrected chi connectivity index (χ0v) is 8.66. The van der Waals surface area contributed by atoms with Gasteiger partial charge in [-0.2, -0.15) is 11.8 Å². The molecule has 0 aliphatic heterocycles. The van der Waals surface area contributed by atoms with Gasteiger partial charge in [-0.05, 0) is 25.4 Å². The molecular formula is C7H16NPS. The highest BCUT2D eigenvalue weighted by atomic mass is 32.2. The molecule has 1 N–H and O–H groups in total. The van der Waals surface area contributed by atoms with E-state index in [4.69, 9.17) is 0 Å². The Balaban J connectivity index is 3.50. The van der Waals surface area contributed by atoms with Gasteiger partial charge in [0.15, 0.2) is 0 Å². The van der Waals surface area contributed by atoms with Crippen molar-refractivity contribution < 1.29 is 0 Å². The highest BCUT2D eigenvalue weighted by Crippen LogP contribution is 2.08. The summed E-state index contributed by atoms with van der Waals surface area (Å²) in [5, 5.41) is 3.14. The van der Waals surface area contributed by atoms with Crippen LogP contribution in [-0.2, 0) is 0 Å². The molecule has 0 saturated heterocycles. The average molecular weight is 177 g/mol. The summed E-state index contributed by atoms with van der Waals surface area (Å²) in [7, 11) is 2.54. The monoisotopic (exact) mass is 177 g/mol. The fourth-order valence-corrected chi connectivity index (χ4v) is 1.63. The number of rotatable bonds is 5. The van der Waals surface area contributed by atoms with Crippen molar-refractivity contribution in [1.82, 2.24) is 5.09 Å². The van der Waals surface area contributed by atoms with Gasteiger partial charge in [0.2, 0.25) is 0 Å². The Morgan fingerprint density at radius 3 is 2.70 bits per heavy atom. The maximum atomic E-state index is 3.89. The van der Waals surface area contributed by atoms with E-state index < -0.39 is 0 Å². The van der Waals surface area contributed by atoms with Crippen LogP contribution in [0, 0.1) is 0 Å². The summed E-state index contributed by atoms with van der Waals surface area (Å²) in [5.74, 6) is 1.19. The summed E-state index contributed by atoms with van der Waals surface area (Å²) in [6.45, 7) is 5.95. The summed E-state index contributed by atoms with van der Waals surface area (Å²) < 4.78 is 0. The van der Waals surface area contributed by atoms with Crippen molar-refractivity contribution in [2.24, 2.45) is 0 Å². The van der Waals surface area contributed by atoms with Crippen LogP contribution >= 0.6 is 21.2 Å². The van der Waals surface area contributed by atoms with Gasteiger partial charge >= 0.3 is 0 Å². The second-order valence-corrected chi connectivity index (χ2v) is 3.67. The molecule has 2 atom stereocenters. The van der Waals surface area contributed by atoms with Crippen LogP contribution in [-0.4, -0.2) is 18.1 Å². The molecule has 0 aromatic heterocycles. The fraction of sp³-hybridized carbons (Fsp3) is 0.714. The molecule has 0 spiro atoms. The predicted octanol–water partition coefficient (Wildman–Crippen LogP) is 2.06. The van der Waals surface area contributed by atoms with Crippen molar-refractivity contribution >= 4 is 21.2 Å². The molecule has 0 aliphatic carbocycles. The summed E-state index contributed by atoms with van der Waals surface area (Å²) in [5.41, 5.74) is 1.21. The van der Waals surface area contributed by atoms with E-state index in [-0.39, 0.29) is 0 Å². The highest BCUT2D eigenvalue weighted by molar-refractivity contribution is 7.98. The molecule has 10 heavy (non-hydrogen) atoms. The molecule has 0 aromatic rings. The number of nitrogens with one attached hydrogen (secondary N) is 1. The zero-order chi connectivity index (χ0) is 7.98. The van der Waals surface area contributed by atoms with Crippen molar-refractivity contribution in [2.45, 2.75) is 19.4 Å². The molecule has 0 amide bonds. The van der Waals surface area contributed by atoms with Crippen LogP contribution in [0.15, 0.2) is 12.2 Å². The lowest BCUT2D eigenvalue weighted by Gasteiger charge is -2.14. The van der Waals surface area contributed by atoms with Crippen LogP contribution in [0.3, 0.4) is 0 Å². The maximum absolute atomic E-state index is 3.89. The molecule has 0 aliphatic rings. The Hall–Kier alpha value is 0.480. The second kappa shape index (κ2) is 6.21. The smallest absolute Gasteiger partial charge is 0.0313 e. The van der Waals surface area contributed by atoms with E-state index in [1.807, 2.05) is 11.8 Å². The van der Waals surface area contributed by atoms with E-state index in [9.17, 15) is 0 Å². The van der Waals surface area contributed by atoms with Crippen molar-refractivity contribution in [2.75, 3.05) is 12.0 Å². The van der Waals surface area contributed by atoms with Crippen LogP contribution in [0.2, 0.25) is 0 Å². The van der Waals surface area contributed by atoms with Crippen LogP contribution in [0.4, 0.5) is 0 Å². The zero-order valence-electron chi connectivity index (χ0n) is 6.68. The molecule has 0 fully saturated rings. The lowest BCUT2D eigenvalue weighted by Crippen LogP contribution is -2.21. The minimum absolute atomic E-state index is 0.470. The van der Waals surface area contributed by atoms with Crippen molar-refractivity contribution in [3.63, 3.8) is 0 Å². The standard InChI is InChI=1S/C7H16NPS/c1-6(2)7(8-9)4-5-10-3/h7-8H,1,4-5,9H2,2-3H3/t7-/m0/s1. The summed E-state index contributed by atoms with van der Waals surface area (Å²) in [6, 6.07) is 0.470. The van der Waals surface area contributed by atoms with Crippen LogP contribution in [0.25, 0.3) is 0 Å². The summed E-state index contributed by atoms with van der Waals surface area (Å²) in [6.07, 6.45) is 3.29. The first-order valence-corrected chi connectivity index (χ1v) is 5.30. The van der Waals surface area contributed by atoms with E-state index in [0.717, 1.165) is 0 Å². The van der Waals surface area contributed by atoms with Gasteiger partial charge in [-0.15, -0.1) is 0 Å². The molecule has 60 valence electrons. The van der Waals surface area contributed by atoms with E-state index in [1.165, 1.54) is 17.7 Å².